The van der Waals surface area contributed by atoms with Gasteiger partial charge in [0.15, 0.2) is 0 Å². The highest BCUT2D eigenvalue weighted by Gasteiger charge is 2.52. The van der Waals surface area contributed by atoms with Gasteiger partial charge < -0.3 is 15.3 Å². The zero-order valence-electron chi connectivity index (χ0n) is 25.1. The normalized spacial score (nSPS) is 21.6. The molecule has 43 heavy (non-hydrogen) atoms. The number of benzene rings is 2. The molecule has 1 aliphatic carbocycles. The fraction of sp³-hybridized carbons (Fsp3) is 0.515. The fourth-order valence-corrected chi connectivity index (χ4v) is 6.36. The molecule has 2 aliphatic rings. The number of halogens is 3. The number of carbonyl (C=O) groups is 3. The van der Waals surface area contributed by atoms with E-state index in [0.717, 1.165) is 37.0 Å². The average Bonchev–Trinajstić information content (AvgIpc) is 3.24. The molecule has 1 saturated carbocycles. The van der Waals surface area contributed by atoms with Crippen LogP contribution in [0.3, 0.4) is 0 Å². The number of amides is 2. The van der Waals surface area contributed by atoms with Crippen LogP contribution in [0.1, 0.15) is 106 Å². The number of aliphatic carboxylic acids is 1. The summed E-state index contributed by atoms with van der Waals surface area (Å²) in [5, 5.41) is 11.4. The quantitative estimate of drug-likeness (QED) is 0.307. The molecule has 2 N–H and O–H groups in total. The highest BCUT2D eigenvalue weighted by molar-refractivity contribution is 6.46. The van der Waals surface area contributed by atoms with Crippen molar-refractivity contribution in [1.82, 2.24) is 10.2 Å². The summed E-state index contributed by atoms with van der Waals surface area (Å²) in [6.07, 6.45) is -0.0168. The number of nitrogens with zero attached hydrogens (tertiary/aromatic N) is 2. The molecule has 2 amide bonds. The number of nitrogens with one attached hydrogen (secondary N) is 1. The van der Waals surface area contributed by atoms with Crippen LogP contribution in [0.25, 0.3) is 0 Å². The minimum atomic E-state index is -4.48. The maximum Gasteiger partial charge on any atom is 0.416 e. The number of alkyl halides is 3. The lowest BCUT2D eigenvalue weighted by Gasteiger charge is -2.48. The predicted molar refractivity (Wildman–Crippen MR) is 158 cm³/mol. The summed E-state index contributed by atoms with van der Waals surface area (Å²) in [6, 6.07) is 11.1. The average molecular weight is 600 g/mol. The van der Waals surface area contributed by atoms with Crippen molar-refractivity contribution in [3.8, 4) is 0 Å². The molecule has 2 aromatic rings. The molecule has 2 aromatic carbocycles. The third-order valence-electron chi connectivity index (χ3n) is 9.36. The summed E-state index contributed by atoms with van der Waals surface area (Å²) in [7, 11) is 0. The molecule has 10 heteroatoms. The monoisotopic (exact) mass is 599 g/mol. The summed E-state index contributed by atoms with van der Waals surface area (Å²) in [4.78, 5) is 44.3. The Morgan fingerprint density at radius 1 is 1.05 bits per heavy atom. The van der Waals surface area contributed by atoms with Gasteiger partial charge in [0, 0.05) is 17.7 Å². The Morgan fingerprint density at radius 2 is 1.65 bits per heavy atom. The van der Waals surface area contributed by atoms with Gasteiger partial charge in [-0.15, -0.1) is 0 Å². The molecule has 0 radical (unpaired) electrons. The third kappa shape index (κ3) is 6.78. The van der Waals surface area contributed by atoms with Gasteiger partial charge in [0.05, 0.1) is 18.0 Å². The molecule has 1 aliphatic heterocycles. The molecular formula is C33H40F3N3O4. The molecule has 4 rings (SSSR count). The standard InChI is InChI=1S/C33H40F3N3O4/c1-5-26(21-7-9-23(10-8-21)29(42)37-20-17-27(40)41)39-30(43)28(22-11-13-25(14-12-22)33(34,35)36)38-32(39)18-15-24(16-19-32)31(3,4)6-2/h7-14,24,26H,5-6,15-20H2,1-4H3,(H,37,42)(H,40,41)/t24?,26-,32?/m1/s1. The smallest absolute Gasteiger partial charge is 0.416 e. The molecule has 0 bridgehead atoms. The first-order valence-electron chi connectivity index (χ1n) is 14.9. The van der Waals surface area contributed by atoms with Crippen LogP contribution in [0.4, 0.5) is 13.2 Å². The number of aliphatic imine (C=N–C) groups is 1. The zero-order valence-corrected chi connectivity index (χ0v) is 25.1. The van der Waals surface area contributed by atoms with E-state index >= 15 is 0 Å². The van der Waals surface area contributed by atoms with E-state index in [2.05, 4.69) is 26.1 Å². The van der Waals surface area contributed by atoms with Crippen molar-refractivity contribution in [3.63, 3.8) is 0 Å². The number of carboxylic acids is 1. The minimum absolute atomic E-state index is 0.0121. The number of carboxylic acid groups (broad SMARTS) is 1. The molecule has 0 saturated heterocycles. The van der Waals surface area contributed by atoms with Crippen molar-refractivity contribution in [3.05, 3.63) is 70.8 Å². The van der Waals surface area contributed by atoms with Crippen molar-refractivity contribution < 1.29 is 32.7 Å². The lowest BCUT2D eigenvalue weighted by Crippen LogP contribution is -2.51. The van der Waals surface area contributed by atoms with Crippen LogP contribution in [-0.2, 0) is 15.8 Å². The predicted octanol–water partition coefficient (Wildman–Crippen LogP) is 7.02. The topological polar surface area (TPSA) is 99.1 Å². The third-order valence-corrected chi connectivity index (χ3v) is 9.36. The SMILES string of the molecule is CC[C@H](c1ccc(C(=O)NCCC(=O)O)cc1)N1C(=O)C(c2ccc(C(F)(F)F)cc2)=NC12CCC(C(C)(C)CC)CC2. The molecule has 7 nitrogen and oxygen atoms in total. The maximum atomic E-state index is 14.2. The summed E-state index contributed by atoms with van der Waals surface area (Å²) in [5.41, 5.74) is 0.263. The molecule has 1 spiro atoms. The van der Waals surface area contributed by atoms with Crippen molar-refractivity contribution in [1.29, 1.82) is 0 Å². The van der Waals surface area contributed by atoms with Gasteiger partial charge in [0.1, 0.15) is 11.4 Å². The van der Waals surface area contributed by atoms with Gasteiger partial charge in [-0.1, -0.05) is 58.4 Å². The van der Waals surface area contributed by atoms with Crippen molar-refractivity contribution in [2.75, 3.05) is 6.54 Å². The first kappa shape index (κ1) is 32.2. The van der Waals surface area contributed by atoms with Gasteiger partial charge in [-0.3, -0.25) is 19.4 Å². The number of carbonyl (C=O) groups excluding carboxylic acids is 2. The van der Waals surface area contributed by atoms with E-state index in [-0.39, 0.29) is 41.9 Å². The van der Waals surface area contributed by atoms with Crippen LogP contribution in [0.15, 0.2) is 53.5 Å². The van der Waals surface area contributed by atoms with E-state index in [1.165, 1.54) is 12.1 Å². The Morgan fingerprint density at radius 3 is 2.16 bits per heavy atom. The molecule has 0 aromatic heterocycles. The molecule has 232 valence electrons. The second-order valence-electron chi connectivity index (χ2n) is 12.3. The minimum Gasteiger partial charge on any atom is -0.481 e. The van der Waals surface area contributed by atoms with E-state index in [0.29, 0.717) is 36.3 Å². The van der Waals surface area contributed by atoms with Crippen molar-refractivity contribution >= 4 is 23.5 Å². The second-order valence-corrected chi connectivity index (χ2v) is 12.3. The van der Waals surface area contributed by atoms with Crippen LogP contribution in [-0.4, -0.2) is 45.7 Å². The largest absolute Gasteiger partial charge is 0.481 e. The van der Waals surface area contributed by atoms with Gasteiger partial charge in [-0.05, 0) is 73.3 Å². The molecule has 1 atom stereocenters. The Labute approximate surface area is 250 Å². The first-order valence-corrected chi connectivity index (χ1v) is 14.9. The fourth-order valence-electron chi connectivity index (χ4n) is 6.36. The van der Waals surface area contributed by atoms with Crippen LogP contribution in [0.5, 0.6) is 0 Å². The molecule has 0 unspecified atom stereocenters. The summed E-state index contributed by atoms with van der Waals surface area (Å²) < 4.78 is 39.7. The number of rotatable bonds is 10. The van der Waals surface area contributed by atoms with E-state index in [4.69, 9.17) is 10.1 Å². The Kier molecular flexibility index (Phi) is 9.37. The summed E-state index contributed by atoms with van der Waals surface area (Å²) in [6.45, 7) is 8.69. The van der Waals surface area contributed by atoms with Gasteiger partial charge in [-0.25, -0.2) is 0 Å². The summed E-state index contributed by atoms with van der Waals surface area (Å²) >= 11 is 0. The van der Waals surface area contributed by atoms with E-state index in [9.17, 15) is 27.6 Å². The zero-order chi connectivity index (χ0) is 31.6. The van der Waals surface area contributed by atoms with Gasteiger partial charge in [-0.2, -0.15) is 13.2 Å². The van der Waals surface area contributed by atoms with Crippen LogP contribution in [0.2, 0.25) is 0 Å². The number of hydrogen-bond acceptors (Lipinski definition) is 4. The van der Waals surface area contributed by atoms with E-state index in [1.54, 1.807) is 24.3 Å². The highest BCUT2D eigenvalue weighted by Crippen LogP contribution is 2.50. The molecule has 1 heterocycles. The Hall–Kier alpha value is -3.69. The van der Waals surface area contributed by atoms with E-state index < -0.39 is 23.4 Å². The van der Waals surface area contributed by atoms with Crippen LogP contribution < -0.4 is 5.32 Å². The van der Waals surface area contributed by atoms with Gasteiger partial charge >= 0.3 is 12.1 Å². The lowest BCUT2D eigenvalue weighted by molar-refractivity contribution is -0.138. The van der Waals surface area contributed by atoms with Gasteiger partial charge in [0.2, 0.25) is 0 Å². The molecule has 1 fully saturated rings. The van der Waals surface area contributed by atoms with E-state index in [1.807, 2.05) is 11.8 Å². The molecular weight excluding hydrogens is 559 g/mol. The van der Waals surface area contributed by atoms with Crippen molar-refractivity contribution in [2.45, 2.75) is 90.5 Å². The summed E-state index contributed by atoms with van der Waals surface area (Å²) in [5.74, 6) is -1.24. The Balaban J connectivity index is 1.66. The first-order chi connectivity index (χ1) is 20.2. The Bertz CT molecular complexity index is 1360. The second kappa shape index (κ2) is 12.5. The van der Waals surface area contributed by atoms with Crippen LogP contribution >= 0.6 is 0 Å². The maximum absolute atomic E-state index is 14.2. The number of hydrogen-bond donors (Lipinski definition) is 2. The van der Waals surface area contributed by atoms with Crippen molar-refractivity contribution in [2.24, 2.45) is 16.3 Å². The van der Waals surface area contributed by atoms with Gasteiger partial charge in [0.25, 0.3) is 11.8 Å². The van der Waals surface area contributed by atoms with Crippen LogP contribution in [0, 0.1) is 11.3 Å². The highest BCUT2D eigenvalue weighted by atomic mass is 19.4. The lowest BCUT2D eigenvalue weighted by atomic mass is 9.67.